The molecule has 54 valence electrons. The minimum atomic E-state index is 0.702. The summed E-state index contributed by atoms with van der Waals surface area (Å²) in [5.74, 6) is 0.702. The topological polar surface area (TPSA) is 0 Å². The van der Waals surface area contributed by atoms with E-state index in [1.807, 2.05) is 0 Å². The van der Waals surface area contributed by atoms with E-state index < -0.39 is 0 Å². The second-order valence-corrected chi connectivity index (χ2v) is 4.77. The van der Waals surface area contributed by atoms with Crippen LogP contribution in [0.2, 0.25) is 0 Å². The van der Waals surface area contributed by atoms with Gasteiger partial charge < -0.3 is 0 Å². The fraction of sp³-hybridized carbons (Fsp3) is 0.444. The van der Waals surface area contributed by atoms with Crippen molar-refractivity contribution < 1.29 is 19.4 Å². The molecular weight excluding hydrogens is 292 g/mol. The van der Waals surface area contributed by atoms with Crippen LogP contribution in [-0.2, 0) is 19.4 Å². The van der Waals surface area contributed by atoms with E-state index >= 15 is 0 Å². The molecule has 1 aliphatic carbocycles. The number of hydrogen-bond donors (Lipinski definition) is 0. The SMILES string of the molecule is C=C1C=C(C(C)C)C[C]1=[W]. The number of hydrogen-bond acceptors (Lipinski definition) is 0. The molecule has 0 nitrogen and oxygen atoms in total. The van der Waals surface area contributed by atoms with Crippen molar-refractivity contribution >= 4 is 3.90 Å². The van der Waals surface area contributed by atoms with Crippen LogP contribution in [0.4, 0.5) is 0 Å². The van der Waals surface area contributed by atoms with Gasteiger partial charge in [0.15, 0.2) is 0 Å². The van der Waals surface area contributed by atoms with Gasteiger partial charge in [0.25, 0.3) is 0 Å². The molecule has 0 aliphatic heterocycles. The maximum atomic E-state index is 3.98. The van der Waals surface area contributed by atoms with Crippen LogP contribution in [0.25, 0.3) is 0 Å². The van der Waals surface area contributed by atoms with Crippen molar-refractivity contribution in [3.63, 3.8) is 0 Å². The molecule has 0 bridgehead atoms. The first-order valence-electron chi connectivity index (χ1n) is 3.54. The van der Waals surface area contributed by atoms with E-state index in [-0.39, 0.29) is 0 Å². The van der Waals surface area contributed by atoms with E-state index in [0.717, 1.165) is 0 Å². The summed E-state index contributed by atoms with van der Waals surface area (Å²) in [6.45, 7) is 8.46. The molecule has 0 aromatic carbocycles. The van der Waals surface area contributed by atoms with Crippen LogP contribution in [-0.4, -0.2) is 3.90 Å². The molecule has 1 heteroatoms. The van der Waals surface area contributed by atoms with Gasteiger partial charge in [-0.25, -0.2) is 0 Å². The Morgan fingerprint density at radius 1 is 1.60 bits per heavy atom. The fourth-order valence-electron chi connectivity index (χ4n) is 1.03. The summed E-state index contributed by atoms with van der Waals surface area (Å²) in [5.41, 5.74) is 2.81. The first-order valence-corrected chi connectivity index (χ1v) is 5.00. The van der Waals surface area contributed by atoms with Gasteiger partial charge in [0.2, 0.25) is 0 Å². The standard InChI is InChI=1S/C9H12.W/c1-7(2)9-5-4-8(3)6-9;/h6-7H,3,5H2,1-2H3;. The number of allylic oxidation sites excluding steroid dienone is 3. The normalized spacial score (nSPS) is 18.5. The molecule has 0 aromatic rings. The molecular formula is C9H12W. The molecule has 0 amide bonds. The van der Waals surface area contributed by atoms with Crippen molar-refractivity contribution in [3.8, 4) is 0 Å². The Kier molecular flexibility index (Phi) is 2.41. The van der Waals surface area contributed by atoms with Crippen LogP contribution in [0, 0.1) is 5.92 Å². The molecule has 0 saturated heterocycles. The third-order valence-corrected chi connectivity index (χ3v) is 3.28. The fourth-order valence-corrected chi connectivity index (χ4v) is 1.84. The minimum absolute atomic E-state index is 0.702. The van der Waals surface area contributed by atoms with Crippen molar-refractivity contribution in [2.45, 2.75) is 20.3 Å². The predicted octanol–water partition coefficient (Wildman–Crippen LogP) is 2.25. The Labute approximate surface area is 73.4 Å². The molecule has 1 rings (SSSR count). The van der Waals surface area contributed by atoms with Crippen molar-refractivity contribution in [1.29, 1.82) is 0 Å². The van der Waals surface area contributed by atoms with Crippen LogP contribution in [0.5, 0.6) is 0 Å². The Hall–Kier alpha value is 0.0383. The molecule has 10 heavy (non-hydrogen) atoms. The zero-order valence-corrected chi connectivity index (χ0v) is 9.41. The van der Waals surface area contributed by atoms with Crippen molar-refractivity contribution in [3.05, 3.63) is 23.8 Å². The average Bonchev–Trinajstić information content (AvgIpc) is 2.13. The quantitative estimate of drug-likeness (QED) is 0.697. The summed E-state index contributed by atoms with van der Waals surface area (Å²) in [4.78, 5) is 0. The Bertz CT molecular complexity index is 209. The molecule has 0 N–H and O–H groups in total. The van der Waals surface area contributed by atoms with Crippen molar-refractivity contribution in [1.82, 2.24) is 0 Å². The summed E-state index contributed by atoms with van der Waals surface area (Å²) in [5, 5.41) is 0. The molecule has 0 atom stereocenters. The van der Waals surface area contributed by atoms with E-state index in [0.29, 0.717) is 5.92 Å². The van der Waals surface area contributed by atoms with Crippen LogP contribution < -0.4 is 0 Å². The maximum absolute atomic E-state index is 3.98. The predicted molar refractivity (Wildman–Crippen MR) is 41.7 cm³/mol. The van der Waals surface area contributed by atoms with Gasteiger partial charge in [0, 0.05) is 0 Å². The average molecular weight is 304 g/mol. The van der Waals surface area contributed by atoms with E-state index in [2.05, 4.69) is 26.5 Å². The summed E-state index contributed by atoms with van der Waals surface area (Å²) < 4.78 is 1.52. The van der Waals surface area contributed by atoms with Gasteiger partial charge >= 0.3 is 73.2 Å². The Morgan fingerprint density at radius 2 is 2.20 bits per heavy atom. The molecule has 0 unspecified atom stereocenters. The summed E-state index contributed by atoms with van der Waals surface area (Å²) in [7, 11) is 0. The zero-order chi connectivity index (χ0) is 7.72. The van der Waals surface area contributed by atoms with Crippen LogP contribution in [0.15, 0.2) is 23.8 Å². The van der Waals surface area contributed by atoms with Crippen LogP contribution >= 0.6 is 0 Å². The first-order chi connectivity index (χ1) is 4.61. The van der Waals surface area contributed by atoms with Crippen molar-refractivity contribution in [2.75, 3.05) is 0 Å². The monoisotopic (exact) mass is 304 g/mol. The molecule has 1 aliphatic rings. The summed E-state index contributed by atoms with van der Waals surface area (Å²) >= 11 is 1.58. The first kappa shape index (κ1) is 8.14. The van der Waals surface area contributed by atoms with Gasteiger partial charge in [-0.15, -0.1) is 0 Å². The van der Waals surface area contributed by atoms with Gasteiger partial charge in [-0.3, -0.25) is 0 Å². The van der Waals surface area contributed by atoms with E-state index in [9.17, 15) is 0 Å². The van der Waals surface area contributed by atoms with Gasteiger partial charge in [0.1, 0.15) is 0 Å². The third kappa shape index (κ3) is 1.55. The molecule has 0 heterocycles. The summed E-state index contributed by atoms with van der Waals surface area (Å²) in [6, 6.07) is 0. The van der Waals surface area contributed by atoms with Crippen LogP contribution in [0.3, 0.4) is 0 Å². The Morgan fingerprint density at radius 3 is 2.40 bits per heavy atom. The van der Waals surface area contributed by atoms with Crippen LogP contribution in [0.1, 0.15) is 20.3 Å². The van der Waals surface area contributed by atoms with Gasteiger partial charge in [-0.05, 0) is 0 Å². The number of rotatable bonds is 1. The van der Waals surface area contributed by atoms with E-state index in [1.54, 1.807) is 24.9 Å². The molecule has 0 fully saturated rings. The van der Waals surface area contributed by atoms with E-state index in [4.69, 9.17) is 0 Å². The second-order valence-electron chi connectivity index (χ2n) is 3.00. The Balaban J connectivity index is 2.77. The zero-order valence-electron chi connectivity index (χ0n) is 6.48. The molecule has 0 saturated carbocycles. The van der Waals surface area contributed by atoms with Crippen molar-refractivity contribution in [2.24, 2.45) is 5.92 Å². The van der Waals surface area contributed by atoms with Gasteiger partial charge in [0.05, 0.1) is 0 Å². The van der Waals surface area contributed by atoms with E-state index in [1.165, 1.54) is 15.9 Å². The van der Waals surface area contributed by atoms with Gasteiger partial charge in [-0.1, -0.05) is 0 Å². The molecule has 0 radical (unpaired) electrons. The summed E-state index contributed by atoms with van der Waals surface area (Å²) in [6.07, 6.45) is 3.43. The second kappa shape index (κ2) is 2.96. The van der Waals surface area contributed by atoms with Gasteiger partial charge in [-0.2, -0.15) is 0 Å². The molecule has 0 spiro atoms. The molecule has 0 aromatic heterocycles. The third-order valence-electron chi connectivity index (χ3n) is 1.82.